The van der Waals surface area contributed by atoms with E-state index in [9.17, 15) is 18.0 Å². The molecule has 208 valence electrons. The van der Waals surface area contributed by atoms with Crippen LogP contribution >= 0.6 is 0 Å². The standard InChI is InChI=1S/C29H28F3N5O3/c1-39-23-12-21-22(13-24(23)40-15-17-8-10-34-11-9-17)36-16-37-27(21)19-4-2-18(3-5-19)26(28(33)38)20-6-7-25(35-14-20)29(30,31)32/h2-7,12-14,16-17,26,34H,8-11,15H2,1H3,(H2,33,38). The number of rotatable bonds is 8. The summed E-state index contributed by atoms with van der Waals surface area (Å²) in [6.07, 6.45) is 0.0374. The minimum absolute atomic E-state index is 0.266. The fraction of sp³-hybridized carbons (Fsp3) is 0.310. The quantitative estimate of drug-likeness (QED) is 0.326. The molecule has 0 bridgehead atoms. The minimum atomic E-state index is -4.58. The zero-order chi connectivity index (χ0) is 28.3. The summed E-state index contributed by atoms with van der Waals surface area (Å²) >= 11 is 0. The number of aromatic nitrogens is 3. The van der Waals surface area contributed by atoms with E-state index >= 15 is 0 Å². The highest BCUT2D eigenvalue weighted by atomic mass is 19.4. The number of carbonyl (C=O) groups excluding carboxylic acids is 1. The molecule has 0 radical (unpaired) electrons. The van der Waals surface area contributed by atoms with Gasteiger partial charge in [-0.2, -0.15) is 13.2 Å². The van der Waals surface area contributed by atoms with Crippen LogP contribution in [0.5, 0.6) is 11.5 Å². The lowest BCUT2D eigenvalue weighted by Crippen LogP contribution is -2.30. The molecule has 1 fully saturated rings. The summed E-state index contributed by atoms with van der Waals surface area (Å²) < 4.78 is 50.5. The molecule has 1 aliphatic rings. The first kappa shape index (κ1) is 27.3. The fourth-order valence-electron chi connectivity index (χ4n) is 4.92. The lowest BCUT2D eigenvalue weighted by atomic mass is 9.90. The first-order chi connectivity index (χ1) is 19.2. The minimum Gasteiger partial charge on any atom is -0.493 e. The van der Waals surface area contributed by atoms with Gasteiger partial charge in [0.1, 0.15) is 12.0 Å². The van der Waals surface area contributed by atoms with E-state index in [-0.39, 0.29) is 5.56 Å². The Morgan fingerprint density at radius 1 is 1.02 bits per heavy atom. The van der Waals surface area contributed by atoms with Gasteiger partial charge in [-0.1, -0.05) is 30.3 Å². The van der Waals surface area contributed by atoms with Gasteiger partial charge in [-0.3, -0.25) is 9.78 Å². The molecule has 1 amide bonds. The van der Waals surface area contributed by atoms with E-state index in [1.807, 2.05) is 12.1 Å². The van der Waals surface area contributed by atoms with Crippen molar-refractivity contribution >= 4 is 16.8 Å². The van der Waals surface area contributed by atoms with Gasteiger partial charge in [-0.05, 0) is 55.1 Å². The predicted molar refractivity (Wildman–Crippen MR) is 143 cm³/mol. The lowest BCUT2D eigenvalue weighted by molar-refractivity contribution is -0.141. The third-order valence-corrected chi connectivity index (χ3v) is 7.07. The number of piperidine rings is 1. The molecular weight excluding hydrogens is 523 g/mol. The summed E-state index contributed by atoms with van der Waals surface area (Å²) in [6.45, 7) is 2.57. The van der Waals surface area contributed by atoms with Gasteiger partial charge in [-0.15, -0.1) is 0 Å². The Hall–Kier alpha value is -4.25. The molecule has 3 heterocycles. The zero-order valence-electron chi connectivity index (χ0n) is 21.7. The van der Waals surface area contributed by atoms with E-state index in [1.54, 1.807) is 31.4 Å². The molecule has 1 saturated heterocycles. The molecule has 1 aliphatic heterocycles. The second-order valence-corrected chi connectivity index (χ2v) is 9.68. The smallest absolute Gasteiger partial charge is 0.433 e. The molecule has 4 aromatic rings. The number of carbonyl (C=O) groups is 1. The summed E-state index contributed by atoms with van der Waals surface area (Å²) in [7, 11) is 1.58. The maximum absolute atomic E-state index is 12.9. The van der Waals surface area contributed by atoms with Crippen molar-refractivity contribution in [1.29, 1.82) is 0 Å². The van der Waals surface area contributed by atoms with Gasteiger partial charge < -0.3 is 20.5 Å². The number of primary amides is 1. The van der Waals surface area contributed by atoms with Crippen LogP contribution in [0.15, 0.2) is 61.1 Å². The summed E-state index contributed by atoms with van der Waals surface area (Å²) in [5, 5.41) is 4.10. The maximum Gasteiger partial charge on any atom is 0.433 e. The van der Waals surface area contributed by atoms with Crippen LogP contribution in [0, 0.1) is 5.92 Å². The molecule has 2 aromatic heterocycles. The van der Waals surface area contributed by atoms with E-state index in [4.69, 9.17) is 15.2 Å². The number of alkyl halides is 3. The van der Waals surface area contributed by atoms with Crippen molar-refractivity contribution in [2.45, 2.75) is 24.9 Å². The summed E-state index contributed by atoms with van der Waals surface area (Å²) in [5.41, 5.74) is 7.44. The maximum atomic E-state index is 12.9. The van der Waals surface area contributed by atoms with Crippen LogP contribution in [-0.4, -0.2) is 47.7 Å². The SMILES string of the molecule is COc1cc2c(-c3ccc(C(C(N)=O)c4ccc(C(F)(F)F)nc4)cc3)ncnc2cc1OCC1CCNCC1. The predicted octanol–water partition coefficient (Wildman–Crippen LogP) is 4.71. The molecule has 3 N–H and O–H groups in total. The van der Waals surface area contributed by atoms with Crippen molar-refractivity contribution in [2.24, 2.45) is 11.7 Å². The highest BCUT2D eigenvalue weighted by Gasteiger charge is 2.33. The fourth-order valence-corrected chi connectivity index (χ4v) is 4.92. The number of nitrogens with one attached hydrogen (secondary N) is 1. The Balaban J connectivity index is 1.42. The molecule has 0 aliphatic carbocycles. The van der Waals surface area contributed by atoms with Gasteiger partial charge >= 0.3 is 6.18 Å². The molecule has 0 spiro atoms. The van der Waals surface area contributed by atoms with Crippen molar-refractivity contribution in [3.8, 4) is 22.8 Å². The van der Waals surface area contributed by atoms with Crippen LogP contribution < -0.4 is 20.5 Å². The van der Waals surface area contributed by atoms with Gasteiger partial charge in [0.2, 0.25) is 5.91 Å². The molecule has 2 aromatic carbocycles. The van der Waals surface area contributed by atoms with Crippen molar-refractivity contribution in [3.63, 3.8) is 0 Å². The van der Waals surface area contributed by atoms with E-state index in [0.717, 1.165) is 49.1 Å². The third-order valence-electron chi connectivity index (χ3n) is 7.07. The number of pyridine rings is 1. The van der Waals surface area contributed by atoms with Crippen molar-refractivity contribution < 1.29 is 27.4 Å². The van der Waals surface area contributed by atoms with Crippen molar-refractivity contribution in [3.05, 3.63) is 77.9 Å². The summed E-state index contributed by atoms with van der Waals surface area (Å²) in [4.78, 5) is 24.7. The number of benzene rings is 2. The molecule has 0 saturated carbocycles. The Labute approximate surface area is 228 Å². The topological polar surface area (TPSA) is 112 Å². The van der Waals surface area contributed by atoms with Gasteiger partial charge in [-0.25, -0.2) is 9.97 Å². The molecule has 5 rings (SSSR count). The van der Waals surface area contributed by atoms with Gasteiger partial charge in [0.15, 0.2) is 11.5 Å². The highest BCUT2D eigenvalue weighted by molar-refractivity contribution is 5.94. The number of fused-ring (bicyclic) bond motifs is 1. The molecule has 11 heteroatoms. The van der Waals surface area contributed by atoms with E-state index in [0.29, 0.717) is 40.8 Å². The summed E-state index contributed by atoms with van der Waals surface area (Å²) in [5.74, 6) is -0.0151. The van der Waals surface area contributed by atoms with E-state index in [2.05, 4.69) is 20.3 Å². The van der Waals surface area contributed by atoms with Crippen LogP contribution in [-0.2, 0) is 11.0 Å². The van der Waals surface area contributed by atoms with Crippen LogP contribution in [0.2, 0.25) is 0 Å². The molecule has 1 atom stereocenters. The number of amides is 1. The Morgan fingerprint density at radius 3 is 2.38 bits per heavy atom. The normalized spacial score (nSPS) is 15.1. The second-order valence-electron chi connectivity index (χ2n) is 9.68. The van der Waals surface area contributed by atoms with Crippen LogP contribution in [0.4, 0.5) is 13.2 Å². The first-order valence-corrected chi connectivity index (χ1v) is 12.8. The van der Waals surface area contributed by atoms with Crippen molar-refractivity contribution in [1.82, 2.24) is 20.3 Å². The second kappa shape index (κ2) is 11.5. The number of ether oxygens (including phenoxy) is 2. The van der Waals surface area contributed by atoms with E-state index < -0.39 is 23.7 Å². The number of methoxy groups -OCH3 is 1. The number of hydrogen-bond donors (Lipinski definition) is 2. The lowest BCUT2D eigenvalue weighted by Gasteiger charge is -2.23. The highest BCUT2D eigenvalue weighted by Crippen LogP contribution is 2.37. The van der Waals surface area contributed by atoms with E-state index in [1.165, 1.54) is 12.4 Å². The monoisotopic (exact) mass is 551 g/mol. The molecule has 1 unspecified atom stereocenters. The van der Waals surface area contributed by atoms with Crippen LogP contribution in [0.3, 0.4) is 0 Å². The van der Waals surface area contributed by atoms with Crippen LogP contribution in [0.1, 0.15) is 35.6 Å². The summed E-state index contributed by atoms with van der Waals surface area (Å²) in [6, 6.07) is 12.7. The third kappa shape index (κ3) is 5.84. The average molecular weight is 552 g/mol. The van der Waals surface area contributed by atoms with Gasteiger partial charge in [0.25, 0.3) is 0 Å². The number of halogens is 3. The molecule has 8 nitrogen and oxygen atoms in total. The number of nitrogens with two attached hydrogens (primary N) is 1. The van der Waals surface area contributed by atoms with Gasteiger partial charge in [0.05, 0.1) is 30.8 Å². The first-order valence-electron chi connectivity index (χ1n) is 12.8. The number of hydrogen-bond acceptors (Lipinski definition) is 7. The Bertz CT molecular complexity index is 1490. The molecule has 40 heavy (non-hydrogen) atoms. The molecular formula is C29H28F3N5O3. The Kier molecular flexibility index (Phi) is 7.83. The average Bonchev–Trinajstić information content (AvgIpc) is 2.96. The van der Waals surface area contributed by atoms with Gasteiger partial charge in [0, 0.05) is 23.2 Å². The largest absolute Gasteiger partial charge is 0.493 e. The number of nitrogens with zero attached hydrogens (tertiary/aromatic N) is 3. The van der Waals surface area contributed by atoms with Crippen LogP contribution in [0.25, 0.3) is 22.2 Å². The Morgan fingerprint density at radius 2 is 1.75 bits per heavy atom. The zero-order valence-corrected chi connectivity index (χ0v) is 21.7. The van der Waals surface area contributed by atoms with Crippen molar-refractivity contribution in [2.75, 3.05) is 26.8 Å².